The lowest BCUT2D eigenvalue weighted by Crippen LogP contribution is -2.33. The maximum absolute atomic E-state index is 13.7. The van der Waals surface area contributed by atoms with E-state index < -0.39 is 17.4 Å². The Kier molecular flexibility index (Phi) is 5.08. The molecule has 5 rings (SSSR count). The van der Waals surface area contributed by atoms with Crippen molar-refractivity contribution in [2.24, 2.45) is 0 Å². The van der Waals surface area contributed by atoms with Crippen LogP contribution in [0, 0.1) is 11.6 Å². The first-order chi connectivity index (χ1) is 15.9. The number of carbonyl (C=O) groups is 1. The van der Waals surface area contributed by atoms with Crippen molar-refractivity contribution in [1.29, 1.82) is 0 Å². The van der Waals surface area contributed by atoms with Crippen LogP contribution in [-0.4, -0.2) is 25.3 Å². The van der Waals surface area contributed by atoms with Crippen molar-refractivity contribution < 1.29 is 18.3 Å². The summed E-state index contributed by atoms with van der Waals surface area (Å²) < 4.78 is 36.1. The Bertz CT molecular complexity index is 1350. The molecular formula is C24H18F2N4O3. The van der Waals surface area contributed by atoms with Crippen LogP contribution < -0.4 is 10.2 Å². The summed E-state index contributed by atoms with van der Waals surface area (Å²) in [5.74, 6) is -1.51. The van der Waals surface area contributed by atoms with Crippen LogP contribution in [0.15, 0.2) is 71.9 Å². The third-order valence-corrected chi connectivity index (χ3v) is 5.68. The SMILES string of the molecule is CC(=O)Oc1c2n(ncc1=O)[C@@H](C(c1ccc(F)cc1)c1ccc(F)cc1)Cn1ccnc1-2. The van der Waals surface area contributed by atoms with Crippen LogP contribution in [0.4, 0.5) is 8.78 Å². The van der Waals surface area contributed by atoms with Crippen LogP contribution in [0.25, 0.3) is 11.5 Å². The zero-order valence-corrected chi connectivity index (χ0v) is 17.5. The highest BCUT2D eigenvalue weighted by molar-refractivity contribution is 5.73. The normalized spacial score (nSPS) is 14.6. The van der Waals surface area contributed by atoms with Gasteiger partial charge >= 0.3 is 5.97 Å². The first-order valence-electron chi connectivity index (χ1n) is 10.2. The molecule has 1 atom stereocenters. The first-order valence-corrected chi connectivity index (χ1v) is 10.2. The number of halogens is 2. The molecule has 0 spiro atoms. The molecule has 2 aromatic heterocycles. The van der Waals surface area contributed by atoms with Gasteiger partial charge in [-0.25, -0.2) is 13.8 Å². The maximum Gasteiger partial charge on any atom is 0.308 e. The fourth-order valence-electron chi connectivity index (χ4n) is 4.33. The van der Waals surface area contributed by atoms with Crippen LogP contribution in [-0.2, 0) is 11.3 Å². The van der Waals surface area contributed by atoms with Gasteiger partial charge in [-0.3, -0.25) is 14.3 Å². The molecule has 0 N–H and O–H groups in total. The van der Waals surface area contributed by atoms with Crippen LogP contribution in [0.5, 0.6) is 5.75 Å². The molecule has 0 fully saturated rings. The average Bonchev–Trinajstić information content (AvgIpc) is 3.26. The van der Waals surface area contributed by atoms with Crippen molar-refractivity contribution in [2.75, 3.05) is 0 Å². The number of nitrogens with zero attached hydrogens (tertiary/aromatic N) is 4. The fourth-order valence-corrected chi connectivity index (χ4v) is 4.33. The summed E-state index contributed by atoms with van der Waals surface area (Å²) in [6, 6.07) is 11.7. The molecule has 0 unspecified atom stereocenters. The van der Waals surface area contributed by atoms with Gasteiger partial charge in [0.05, 0.1) is 12.2 Å². The number of rotatable bonds is 4. The number of esters is 1. The van der Waals surface area contributed by atoms with Gasteiger partial charge in [-0.1, -0.05) is 24.3 Å². The highest BCUT2D eigenvalue weighted by atomic mass is 19.1. The second-order valence-corrected chi connectivity index (χ2v) is 7.78. The van der Waals surface area contributed by atoms with E-state index in [4.69, 9.17) is 4.74 Å². The van der Waals surface area contributed by atoms with E-state index >= 15 is 0 Å². The van der Waals surface area contributed by atoms with Crippen molar-refractivity contribution >= 4 is 5.97 Å². The minimum Gasteiger partial charge on any atom is -0.420 e. The Morgan fingerprint density at radius 1 is 1.06 bits per heavy atom. The second-order valence-electron chi connectivity index (χ2n) is 7.78. The predicted molar refractivity (Wildman–Crippen MR) is 115 cm³/mol. The molecule has 33 heavy (non-hydrogen) atoms. The van der Waals surface area contributed by atoms with E-state index in [-0.39, 0.29) is 29.0 Å². The zero-order valence-electron chi connectivity index (χ0n) is 17.5. The molecule has 166 valence electrons. The van der Waals surface area contributed by atoms with Gasteiger partial charge in [-0.15, -0.1) is 0 Å². The summed E-state index contributed by atoms with van der Waals surface area (Å²) in [7, 11) is 0. The topological polar surface area (TPSA) is 79.0 Å². The molecule has 0 radical (unpaired) electrons. The number of fused-ring (bicyclic) bond motifs is 3. The number of hydrogen-bond acceptors (Lipinski definition) is 5. The summed E-state index contributed by atoms with van der Waals surface area (Å²) in [4.78, 5) is 28.7. The van der Waals surface area contributed by atoms with Gasteiger partial charge in [-0.05, 0) is 35.4 Å². The fraction of sp³-hybridized carbons (Fsp3) is 0.167. The third-order valence-electron chi connectivity index (χ3n) is 5.68. The highest BCUT2D eigenvalue weighted by Crippen LogP contribution is 2.42. The number of imidazole rings is 1. The molecule has 0 amide bonds. The lowest BCUT2D eigenvalue weighted by atomic mass is 9.84. The highest BCUT2D eigenvalue weighted by Gasteiger charge is 2.36. The van der Waals surface area contributed by atoms with Crippen molar-refractivity contribution in [1.82, 2.24) is 19.3 Å². The molecule has 3 heterocycles. The third kappa shape index (κ3) is 3.71. The van der Waals surface area contributed by atoms with Gasteiger partial charge in [0.1, 0.15) is 17.3 Å². The number of ether oxygens (including phenoxy) is 1. The maximum atomic E-state index is 13.7. The molecular weight excluding hydrogens is 430 g/mol. The molecule has 1 aliphatic heterocycles. The van der Waals surface area contributed by atoms with E-state index in [2.05, 4.69) is 10.1 Å². The summed E-state index contributed by atoms with van der Waals surface area (Å²) in [5, 5.41) is 4.37. The van der Waals surface area contributed by atoms with E-state index in [9.17, 15) is 18.4 Å². The van der Waals surface area contributed by atoms with Crippen molar-refractivity contribution in [2.45, 2.75) is 25.4 Å². The monoisotopic (exact) mass is 448 g/mol. The lowest BCUT2D eigenvalue weighted by Gasteiger charge is -2.35. The minimum absolute atomic E-state index is 0.161. The Morgan fingerprint density at radius 3 is 2.24 bits per heavy atom. The summed E-state index contributed by atoms with van der Waals surface area (Å²) in [5.41, 5.74) is 1.27. The minimum atomic E-state index is -0.644. The van der Waals surface area contributed by atoms with E-state index in [0.717, 1.165) is 17.3 Å². The molecule has 2 aromatic carbocycles. The molecule has 0 saturated heterocycles. The standard InChI is InChI=1S/C24H18F2N4O3/c1-14(31)33-23-20(32)12-28-30-19(13-29-11-10-27-24(29)22(23)30)21(15-2-6-17(25)7-3-15)16-4-8-18(26)9-5-16/h2-12,19,21H,13H2,1H3/t19-/m1/s1. The largest absolute Gasteiger partial charge is 0.420 e. The Balaban J connectivity index is 1.75. The Morgan fingerprint density at radius 2 is 1.67 bits per heavy atom. The quantitative estimate of drug-likeness (QED) is 0.445. The smallest absolute Gasteiger partial charge is 0.308 e. The van der Waals surface area contributed by atoms with Crippen LogP contribution in [0.3, 0.4) is 0 Å². The van der Waals surface area contributed by atoms with Crippen molar-refractivity contribution in [3.8, 4) is 17.3 Å². The van der Waals surface area contributed by atoms with E-state index in [1.165, 1.54) is 31.2 Å². The van der Waals surface area contributed by atoms with Gasteiger partial charge in [0.25, 0.3) is 0 Å². The second kappa shape index (κ2) is 8.09. The predicted octanol–water partition coefficient (Wildman–Crippen LogP) is 3.70. The number of hydrogen-bond donors (Lipinski definition) is 0. The van der Waals surface area contributed by atoms with Crippen LogP contribution in [0.1, 0.15) is 30.0 Å². The average molecular weight is 448 g/mol. The molecule has 4 aromatic rings. The zero-order chi connectivity index (χ0) is 23.1. The molecule has 7 nitrogen and oxygen atoms in total. The van der Waals surface area contributed by atoms with E-state index in [1.54, 1.807) is 41.3 Å². The van der Waals surface area contributed by atoms with Gasteiger partial charge in [0, 0.05) is 31.8 Å². The van der Waals surface area contributed by atoms with Gasteiger partial charge in [0.15, 0.2) is 5.82 Å². The Labute approximate surface area is 186 Å². The van der Waals surface area contributed by atoms with E-state index in [1.807, 2.05) is 4.57 Å². The van der Waals surface area contributed by atoms with Crippen LogP contribution in [0.2, 0.25) is 0 Å². The van der Waals surface area contributed by atoms with Gasteiger partial charge < -0.3 is 9.30 Å². The lowest BCUT2D eigenvalue weighted by molar-refractivity contribution is -0.131. The number of benzene rings is 2. The number of carbonyl (C=O) groups excluding carboxylic acids is 1. The summed E-state index contributed by atoms with van der Waals surface area (Å²) in [6.07, 6.45) is 4.44. The van der Waals surface area contributed by atoms with Crippen LogP contribution >= 0.6 is 0 Å². The van der Waals surface area contributed by atoms with Crippen molar-refractivity contribution in [3.05, 3.63) is 100 Å². The Hall–Kier alpha value is -4.14. The summed E-state index contributed by atoms with van der Waals surface area (Å²) in [6.45, 7) is 1.63. The number of aromatic nitrogens is 4. The first kappa shape index (κ1) is 20.7. The molecule has 1 aliphatic rings. The van der Waals surface area contributed by atoms with Gasteiger partial charge in [-0.2, -0.15) is 5.10 Å². The summed E-state index contributed by atoms with van der Waals surface area (Å²) >= 11 is 0. The van der Waals surface area contributed by atoms with Crippen molar-refractivity contribution in [3.63, 3.8) is 0 Å². The molecule has 0 aliphatic carbocycles. The molecule has 0 bridgehead atoms. The molecule has 9 heteroatoms. The van der Waals surface area contributed by atoms with E-state index in [0.29, 0.717) is 12.4 Å². The van der Waals surface area contributed by atoms with Gasteiger partial charge in [0.2, 0.25) is 11.2 Å². The molecule has 0 saturated carbocycles.